The molecule has 0 unspecified atom stereocenters. The van der Waals surface area contributed by atoms with Crippen LogP contribution in [0.2, 0.25) is 0 Å². The highest BCUT2D eigenvalue weighted by Gasteiger charge is 2.06. The van der Waals surface area contributed by atoms with Gasteiger partial charge in [-0.2, -0.15) is 8.78 Å². The second kappa shape index (κ2) is 5.60. The molecular weight excluding hydrogens is 234 g/mol. The molecule has 0 heterocycles. The van der Waals surface area contributed by atoms with Gasteiger partial charge in [-0.1, -0.05) is 0 Å². The van der Waals surface area contributed by atoms with Crippen LogP contribution in [0.15, 0.2) is 18.2 Å². The molecule has 88 valence electrons. The molecule has 0 fully saturated rings. The minimum Gasteiger partial charge on any atom is -0.435 e. The summed E-state index contributed by atoms with van der Waals surface area (Å²) in [6, 6.07) is 4.61. The molecule has 6 heteroatoms. The predicted octanol–water partition coefficient (Wildman–Crippen LogP) is 2.51. The van der Waals surface area contributed by atoms with Gasteiger partial charge in [0.2, 0.25) is 0 Å². The number of ether oxygens (including phenoxy) is 1. The number of nitrogens with one attached hydrogen (secondary N) is 2. The van der Waals surface area contributed by atoms with E-state index in [0.717, 1.165) is 11.3 Å². The van der Waals surface area contributed by atoms with Gasteiger partial charge < -0.3 is 15.4 Å². The van der Waals surface area contributed by atoms with Crippen molar-refractivity contribution in [2.45, 2.75) is 13.5 Å². The SMILES string of the molecule is CNC(=S)Nc1ccc(OC(F)F)cc1C. The topological polar surface area (TPSA) is 33.3 Å². The Bertz CT molecular complexity index is 385. The van der Waals surface area contributed by atoms with Crippen molar-refractivity contribution in [1.82, 2.24) is 5.32 Å². The highest BCUT2D eigenvalue weighted by molar-refractivity contribution is 7.80. The van der Waals surface area contributed by atoms with Crippen LogP contribution in [-0.2, 0) is 0 Å². The zero-order chi connectivity index (χ0) is 12.1. The van der Waals surface area contributed by atoms with Gasteiger partial charge in [0.15, 0.2) is 5.11 Å². The minimum absolute atomic E-state index is 0.133. The maximum Gasteiger partial charge on any atom is 0.387 e. The number of aryl methyl sites for hydroxylation is 1. The molecule has 0 aromatic heterocycles. The van der Waals surface area contributed by atoms with Gasteiger partial charge in [0.25, 0.3) is 0 Å². The fraction of sp³-hybridized carbons (Fsp3) is 0.300. The third kappa shape index (κ3) is 3.62. The van der Waals surface area contributed by atoms with Crippen molar-refractivity contribution < 1.29 is 13.5 Å². The van der Waals surface area contributed by atoms with Crippen LogP contribution in [0.4, 0.5) is 14.5 Å². The highest BCUT2D eigenvalue weighted by atomic mass is 32.1. The van der Waals surface area contributed by atoms with Gasteiger partial charge in [0.1, 0.15) is 5.75 Å². The van der Waals surface area contributed by atoms with E-state index >= 15 is 0 Å². The molecule has 0 saturated carbocycles. The zero-order valence-electron chi connectivity index (χ0n) is 8.88. The molecule has 1 aromatic carbocycles. The predicted molar refractivity (Wildman–Crippen MR) is 63.1 cm³/mol. The summed E-state index contributed by atoms with van der Waals surface area (Å²) in [6.45, 7) is -1.03. The Morgan fingerprint density at radius 3 is 2.62 bits per heavy atom. The lowest BCUT2D eigenvalue weighted by atomic mass is 10.2. The van der Waals surface area contributed by atoms with E-state index in [4.69, 9.17) is 12.2 Å². The Labute approximate surface area is 97.8 Å². The minimum atomic E-state index is -2.81. The van der Waals surface area contributed by atoms with Crippen molar-refractivity contribution in [3.63, 3.8) is 0 Å². The quantitative estimate of drug-likeness (QED) is 0.803. The maximum atomic E-state index is 11.9. The number of halogens is 2. The van der Waals surface area contributed by atoms with E-state index in [0.29, 0.717) is 5.11 Å². The number of hydrogen-bond acceptors (Lipinski definition) is 2. The number of hydrogen-bond donors (Lipinski definition) is 2. The third-order valence-electron chi connectivity index (χ3n) is 1.90. The largest absolute Gasteiger partial charge is 0.435 e. The number of rotatable bonds is 3. The molecule has 0 atom stereocenters. The van der Waals surface area contributed by atoms with E-state index in [1.807, 2.05) is 0 Å². The summed E-state index contributed by atoms with van der Waals surface area (Å²) in [6.07, 6.45) is 0. The van der Waals surface area contributed by atoms with E-state index in [2.05, 4.69) is 15.4 Å². The molecule has 0 amide bonds. The summed E-state index contributed by atoms with van der Waals surface area (Å²) >= 11 is 4.93. The van der Waals surface area contributed by atoms with Crippen LogP contribution in [0.25, 0.3) is 0 Å². The van der Waals surface area contributed by atoms with Crippen LogP contribution in [0.3, 0.4) is 0 Å². The number of thiocarbonyl (C=S) groups is 1. The van der Waals surface area contributed by atoms with E-state index in [9.17, 15) is 8.78 Å². The van der Waals surface area contributed by atoms with Gasteiger partial charge in [-0.3, -0.25) is 0 Å². The van der Waals surface area contributed by atoms with Crippen molar-refractivity contribution in [1.29, 1.82) is 0 Å². The summed E-state index contributed by atoms with van der Waals surface area (Å²) in [4.78, 5) is 0. The molecule has 3 nitrogen and oxygen atoms in total. The molecule has 0 spiro atoms. The molecule has 0 aliphatic rings. The standard InChI is InChI=1S/C10H12F2N2OS/c1-6-5-7(15-9(11)12)3-4-8(6)14-10(16)13-2/h3-5,9H,1-2H3,(H2,13,14,16). The van der Waals surface area contributed by atoms with Gasteiger partial charge in [-0.05, 0) is 42.9 Å². The first-order valence-corrected chi connectivity index (χ1v) is 4.98. The van der Waals surface area contributed by atoms with Crippen molar-refractivity contribution in [2.24, 2.45) is 0 Å². The maximum absolute atomic E-state index is 11.9. The van der Waals surface area contributed by atoms with E-state index < -0.39 is 6.61 Å². The first-order chi connectivity index (χ1) is 7.52. The molecule has 1 rings (SSSR count). The second-order valence-electron chi connectivity index (χ2n) is 3.06. The summed E-state index contributed by atoms with van der Waals surface area (Å²) in [7, 11) is 1.69. The lowest BCUT2D eigenvalue weighted by molar-refractivity contribution is -0.0498. The van der Waals surface area contributed by atoms with Gasteiger partial charge in [-0.15, -0.1) is 0 Å². The number of benzene rings is 1. The second-order valence-corrected chi connectivity index (χ2v) is 3.47. The molecule has 0 saturated heterocycles. The molecule has 1 aromatic rings. The Hall–Kier alpha value is -1.43. The first-order valence-electron chi connectivity index (χ1n) is 4.57. The fourth-order valence-corrected chi connectivity index (χ4v) is 1.25. The van der Waals surface area contributed by atoms with Crippen molar-refractivity contribution in [3.8, 4) is 5.75 Å². The molecule has 16 heavy (non-hydrogen) atoms. The van der Waals surface area contributed by atoms with Crippen LogP contribution in [0.5, 0.6) is 5.75 Å². The monoisotopic (exact) mass is 246 g/mol. The fourth-order valence-electron chi connectivity index (χ4n) is 1.14. The molecule has 0 aliphatic heterocycles. The van der Waals surface area contributed by atoms with Crippen LogP contribution in [0.1, 0.15) is 5.56 Å². The summed E-state index contributed by atoms with van der Waals surface area (Å²) in [5, 5.41) is 6.14. The van der Waals surface area contributed by atoms with Crippen molar-refractivity contribution in [3.05, 3.63) is 23.8 Å². The molecule has 0 aliphatic carbocycles. The molecule has 2 N–H and O–H groups in total. The van der Waals surface area contributed by atoms with Crippen LogP contribution in [-0.4, -0.2) is 18.8 Å². The van der Waals surface area contributed by atoms with Gasteiger partial charge >= 0.3 is 6.61 Å². The molecular formula is C10H12F2N2OS. The molecule has 0 bridgehead atoms. The average Bonchev–Trinajstić information content (AvgIpc) is 2.21. The molecule has 0 radical (unpaired) electrons. The Kier molecular flexibility index (Phi) is 4.42. The van der Waals surface area contributed by atoms with Gasteiger partial charge in [0.05, 0.1) is 0 Å². The van der Waals surface area contributed by atoms with Crippen LogP contribution < -0.4 is 15.4 Å². The third-order valence-corrected chi connectivity index (χ3v) is 2.20. The summed E-state index contributed by atoms with van der Waals surface area (Å²) < 4.78 is 28.2. The van der Waals surface area contributed by atoms with E-state index in [-0.39, 0.29) is 5.75 Å². The van der Waals surface area contributed by atoms with Crippen molar-refractivity contribution >= 4 is 23.0 Å². The number of anilines is 1. The van der Waals surface area contributed by atoms with Gasteiger partial charge in [0, 0.05) is 12.7 Å². The normalized spacial score (nSPS) is 10.1. The lowest BCUT2D eigenvalue weighted by Crippen LogP contribution is -2.24. The Balaban J connectivity index is 2.79. The smallest absolute Gasteiger partial charge is 0.387 e. The van der Waals surface area contributed by atoms with E-state index in [1.165, 1.54) is 12.1 Å². The highest BCUT2D eigenvalue weighted by Crippen LogP contribution is 2.22. The van der Waals surface area contributed by atoms with Gasteiger partial charge in [-0.25, -0.2) is 0 Å². The van der Waals surface area contributed by atoms with Crippen molar-refractivity contribution in [2.75, 3.05) is 12.4 Å². The number of alkyl halides is 2. The van der Waals surface area contributed by atoms with E-state index in [1.54, 1.807) is 20.0 Å². The lowest BCUT2D eigenvalue weighted by Gasteiger charge is -2.11. The Morgan fingerprint density at radius 1 is 1.44 bits per heavy atom. The Morgan fingerprint density at radius 2 is 2.12 bits per heavy atom. The summed E-state index contributed by atoms with van der Waals surface area (Å²) in [5.74, 6) is 0.133. The van der Waals surface area contributed by atoms with Crippen LogP contribution in [0, 0.1) is 6.92 Å². The summed E-state index contributed by atoms with van der Waals surface area (Å²) in [5.41, 5.74) is 1.52. The average molecular weight is 246 g/mol. The zero-order valence-corrected chi connectivity index (χ0v) is 9.70. The van der Waals surface area contributed by atoms with Crippen LogP contribution >= 0.6 is 12.2 Å². The first kappa shape index (κ1) is 12.6.